The molecule has 1 aliphatic heterocycles. The van der Waals surface area contributed by atoms with Crippen molar-refractivity contribution in [1.82, 2.24) is 0 Å². The van der Waals surface area contributed by atoms with Crippen LogP contribution < -0.4 is 5.32 Å². The fraction of sp³-hybridized carbons (Fsp3) is 0.219. The number of nitrogens with one attached hydrogen (secondary N) is 1. The minimum Gasteiger partial charge on any atom is -0.507 e. The number of carbonyl (C=O) groups excluding carboxylic acids is 1. The molecule has 0 aliphatic carbocycles. The first kappa shape index (κ1) is 24.9. The number of aromatic hydroxyl groups is 2. The van der Waals surface area contributed by atoms with Gasteiger partial charge < -0.3 is 15.5 Å². The molecular weight excluding hydrogens is 482 g/mol. The van der Waals surface area contributed by atoms with Crippen molar-refractivity contribution in [3.63, 3.8) is 0 Å². The van der Waals surface area contributed by atoms with E-state index in [1.54, 1.807) is 0 Å². The smallest absolute Gasteiger partial charge is 0.244 e. The van der Waals surface area contributed by atoms with Gasteiger partial charge in [0.25, 0.3) is 0 Å². The quantitative estimate of drug-likeness (QED) is 0.272. The second-order valence-corrected chi connectivity index (χ2v) is 10.6. The van der Waals surface area contributed by atoms with Crippen LogP contribution in [0.15, 0.2) is 60.7 Å². The Morgan fingerprint density at radius 1 is 0.757 bits per heavy atom. The number of benzene rings is 4. The van der Waals surface area contributed by atoms with Crippen molar-refractivity contribution in [3.05, 3.63) is 121 Å². The first-order valence-corrected chi connectivity index (χ1v) is 12.7. The third-order valence-electron chi connectivity index (χ3n) is 7.53. The Morgan fingerprint density at radius 3 is 1.78 bits per heavy atom. The summed E-state index contributed by atoms with van der Waals surface area (Å²) < 4.78 is 0. The minimum atomic E-state index is -1.16. The predicted octanol–water partition coefficient (Wildman–Crippen LogP) is 7.17. The molecule has 0 bridgehead atoms. The highest BCUT2D eigenvalue weighted by Gasteiger charge is 2.51. The number of phenols is 2. The van der Waals surface area contributed by atoms with Gasteiger partial charge in [-0.2, -0.15) is 0 Å². The lowest BCUT2D eigenvalue weighted by atomic mass is 9.68. The van der Waals surface area contributed by atoms with Crippen molar-refractivity contribution in [2.24, 2.45) is 0 Å². The maximum Gasteiger partial charge on any atom is 0.244 e. The lowest BCUT2D eigenvalue weighted by Crippen LogP contribution is -2.37. The highest BCUT2D eigenvalue weighted by atomic mass is 35.5. The number of aryl methyl sites for hydroxylation is 5. The summed E-state index contributed by atoms with van der Waals surface area (Å²) in [6.07, 6.45) is 0.571. The Hall–Kier alpha value is -3.76. The van der Waals surface area contributed by atoms with E-state index < -0.39 is 5.41 Å². The summed E-state index contributed by atoms with van der Waals surface area (Å²) in [7, 11) is 0. The van der Waals surface area contributed by atoms with Crippen LogP contribution in [0.4, 0.5) is 5.69 Å². The summed E-state index contributed by atoms with van der Waals surface area (Å²) in [6, 6.07) is 19.5. The molecule has 1 amide bonds. The monoisotopic (exact) mass is 511 g/mol. The van der Waals surface area contributed by atoms with Gasteiger partial charge in [0.05, 0.1) is 0 Å². The van der Waals surface area contributed by atoms with Crippen molar-refractivity contribution in [1.29, 1.82) is 0 Å². The molecule has 4 aromatic rings. The number of fused-ring (bicyclic) bond motifs is 1. The average Bonchev–Trinajstić information content (AvgIpc) is 3.14. The molecule has 1 heterocycles. The van der Waals surface area contributed by atoms with Crippen molar-refractivity contribution in [2.45, 2.75) is 46.5 Å². The molecule has 0 saturated carbocycles. The van der Waals surface area contributed by atoms with Gasteiger partial charge in [0.1, 0.15) is 16.9 Å². The van der Waals surface area contributed by atoms with E-state index in [2.05, 4.69) is 17.4 Å². The molecule has 0 aromatic heterocycles. The van der Waals surface area contributed by atoms with Crippen molar-refractivity contribution in [2.75, 3.05) is 5.32 Å². The Labute approximate surface area is 222 Å². The van der Waals surface area contributed by atoms with Crippen molar-refractivity contribution < 1.29 is 15.0 Å². The molecule has 1 aliphatic rings. The Kier molecular flexibility index (Phi) is 6.04. The van der Waals surface area contributed by atoms with Gasteiger partial charge in [-0.25, -0.2) is 0 Å². The number of halogens is 1. The number of hydrogen-bond donors (Lipinski definition) is 3. The van der Waals surface area contributed by atoms with Gasteiger partial charge in [0.2, 0.25) is 5.91 Å². The molecule has 0 unspecified atom stereocenters. The molecule has 5 rings (SSSR count). The summed E-state index contributed by atoms with van der Waals surface area (Å²) >= 11 is 6.51. The SMILES string of the molecule is Cc1cc(Cc2ccccc2Cl)c2c(c1)C(c1cc(C)c(O)c(C)c1)(c1cc(C)c(O)c(C)c1)C(=O)N2. The highest BCUT2D eigenvalue weighted by molar-refractivity contribution is 6.31. The molecule has 3 N–H and O–H groups in total. The lowest BCUT2D eigenvalue weighted by molar-refractivity contribution is -0.118. The Bertz CT molecular complexity index is 1480. The van der Waals surface area contributed by atoms with E-state index in [1.807, 2.05) is 83.1 Å². The summed E-state index contributed by atoms with van der Waals surface area (Å²) in [5.74, 6) is 0.279. The van der Waals surface area contributed by atoms with Gasteiger partial charge in [-0.15, -0.1) is 0 Å². The molecule has 188 valence electrons. The van der Waals surface area contributed by atoms with Crippen LogP contribution in [0.2, 0.25) is 5.02 Å². The summed E-state index contributed by atoms with van der Waals surface area (Å²) in [6.45, 7) is 9.42. The molecule has 0 saturated heterocycles. The summed E-state index contributed by atoms with van der Waals surface area (Å²) in [5, 5.41) is 25.0. The maximum atomic E-state index is 14.3. The van der Waals surface area contributed by atoms with Gasteiger partial charge >= 0.3 is 0 Å². The van der Waals surface area contributed by atoms with Crippen LogP contribution in [-0.4, -0.2) is 16.1 Å². The zero-order chi connectivity index (χ0) is 26.6. The normalized spacial score (nSPS) is 13.9. The van der Waals surface area contributed by atoms with Crippen LogP contribution in [0.25, 0.3) is 0 Å². The summed E-state index contributed by atoms with van der Waals surface area (Å²) in [5.41, 5.74) is 7.82. The van der Waals surface area contributed by atoms with Gasteiger partial charge in [0, 0.05) is 22.7 Å². The van der Waals surface area contributed by atoms with E-state index in [0.717, 1.165) is 39.1 Å². The second-order valence-electron chi connectivity index (χ2n) is 10.2. The third-order valence-corrected chi connectivity index (χ3v) is 7.90. The maximum absolute atomic E-state index is 14.3. The standard InChI is InChI=1S/C32H30ClNO3/c1-17-10-23(16-22-8-6-7-9-27(22)33)28-26(11-17)32(31(37)34-28,24-12-18(2)29(35)19(3)13-24)25-14-20(4)30(36)21(5)15-25/h6-15,35-36H,16H2,1-5H3,(H,34,37). The molecule has 0 radical (unpaired) electrons. The highest BCUT2D eigenvalue weighted by Crippen LogP contribution is 2.51. The second kappa shape index (κ2) is 8.97. The fourth-order valence-corrected chi connectivity index (χ4v) is 5.91. The third kappa shape index (κ3) is 3.87. The van der Waals surface area contributed by atoms with Crippen LogP contribution in [0, 0.1) is 34.6 Å². The van der Waals surface area contributed by atoms with E-state index in [0.29, 0.717) is 33.7 Å². The first-order valence-electron chi connectivity index (χ1n) is 12.3. The van der Waals surface area contributed by atoms with Crippen LogP contribution in [-0.2, 0) is 16.6 Å². The summed E-state index contributed by atoms with van der Waals surface area (Å²) in [4.78, 5) is 14.3. The zero-order valence-corrected chi connectivity index (χ0v) is 22.4. The van der Waals surface area contributed by atoms with Gasteiger partial charge in [0.15, 0.2) is 0 Å². The first-order chi connectivity index (χ1) is 17.5. The van der Waals surface area contributed by atoms with Crippen molar-refractivity contribution >= 4 is 23.2 Å². The zero-order valence-electron chi connectivity index (χ0n) is 21.7. The molecule has 0 fully saturated rings. The lowest BCUT2D eigenvalue weighted by Gasteiger charge is -2.31. The average molecular weight is 512 g/mol. The molecule has 4 nitrogen and oxygen atoms in total. The van der Waals surface area contributed by atoms with E-state index in [4.69, 9.17) is 11.6 Å². The van der Waals surface area contributed by atoms with E-state index >= 15 is 0 Å². The van der Waals surface area contributed by atoms with Gasteiger partial charge in [-0.05, 0) is 85.2 Å². The predicted molar refractivity (Wildman–Crippen MR) is 149 cm³/mol. The minimum absolute atomic E-state index is 0.164. The van der Waals surface area contributed by atoms with E-state index in [9.17, 15) is 15.0 Å². The molecular formula is C32H30ClNO3. The fourth-order valence-electron chi connectivity index (χ4n) is 5.71. The Morgan fingerprint density at radius 2 is 1.27 bits per heavy atom. The van der Waals surface area contributed by atoms with Crippen LogP contribution in [0.3, 0.4) is 0 Å². The number of hydrogen-bond acceptors (Lipinski definition) is 3. The topological polar surface area (TPSA) is 69.6 Å². The van der Waals surface area contributed by atoms with E-state index in [-0.39, 0.29) is 17.4 Å². The molecule has 37 heavy (non-hydrogen) atoms. The van der Waals surface area contributed by atoms with Crippen LogP contribution in [0.5, 0.6) is 11.5 Å². The number of phenolic OH excluding ortho intramolecular Hbond substituents is 2. The van der Waals surface area contributed by atoms with Crippen LogP contribution >= 0.6 is 11.6 Å². The number of anilines is 1. The molecule has 4 aromatic carbocycles. The van der Waals surface area contributed by atoms with E-state index in [1.165, 1.54) is 0 Å². The number of rotatable bonds is 4. The largest absolute Gasteiger partial charge is 0.507 e. The number of carbonyl (C=O) groups is 1. The number of amides is 1. The van der Waals surface area contributed by atoms with Gasteiger partial charge in [-0.1, -0.05) is 71.8 Å². The molecule has 0 spiro atoms. The molecule has 0 atom stereocenters. The Balaban J connectivity index is 1.85. The van der Waals surface area contributed by atoms with Crippen molar-refractivity contribution in [3.8, 4) is 11.5 Å². The van der Waals surface area contributed by atoms with Gasteiger partial charge in [-0.3, -0.25) is 4.79 Å². The molecule has 5 heteroatoms. The van der Waals surface area contributed by atoms with Crippen LogP contribution in [0.1, 0.15) is 55.6 Å².